The maximum absolute atomic E-state index is 13.1. The zero-order chi connectivity index (χ0) is 26.8. The molecule has 0 saturated heterocycles. The number of fused-ring (bicyclic) bond motifs is 1. The number of rotatable bonds is 8. The lowest BCUT2D eigenvalue weighted by Crippen LogP contribution is -2.16. The molecule has 8 nitrogen and oxygen atoms in total. The number of sulfonamides is 1. The van der Waals surface area contributed by atoms with Gasteiger partial charge in [0, 0.05) is 31.0 Å². The average Bonchev–Trinajstić information content (AvgIpc) is 3.37. The van der Waals surface area contributed by atoms with Gasteiger partial charge in [-0.1, -0.05) is 63.2 Å². The molecule has 5 rings (SSSR count). The van der Waals surface area contributed by atoms with Crippen LogP contribution in [0.3, 0.4) is 0 Å². The summed E-state index contributed by atoms with van der Waals surface area (Å²) in [5.41, 5.74) is 4.40. The van der Waals surface area contributed by atoms with Crippen LogP contribution in [0.2, 0.25) is 0 Å². The van der Waals surface area contributed by atoms with Crippen molar-refractivity contribution >= 4 is 15.8 Å². The van der Waals surface area contributed by atoms with Gasteiger partial charge in [0.05, 0.1) is 4.90 Å². The summed E-state index contributed by atoms with van der Waals surface area (Å²) in [5, 5.41) is 3.43. The van der Waals surface area contributed by atoms with Crippen LogP contribution in [0, 0.1) is 0 Å². The molecule has 0 bridgehead atoms. The fourth-order valence-corrected chi connectivity index (χ4v) is 5.14. The minimum absolute atomic E-state index is 0.0680. The van der Waals surface area contributed by atoms with Crippen molar-refractivity contribution in [3.63, 3.8) is 0 Å². The van der Waals surface area contributed by atoms with E-state index in [0.717, 1.165) is 33.8 Å². The Morgan fingerprint density at radius 3 is 2.21 bits per heavy atom. The van der Waals surface area contributed by atoms with E-state index in [1.54, 1.807) is 18.3 Å². The van der Waals surface area contributed by atoms with Crippen molar-refractivity contribution in [1.82, 2.24) is 15.3 Å². The number of benzene rings is 3. The highest BCUT2D eigenvalue weighted by Crippen LogP contribution is 2.32. The van der Waals surface area contributed by atoms with Gasteiger partial charge in [0.15, 0.2) is 17.3 Å². The van der Waals surface area contributed by atoms with Crippen molar-refractivity contribution < 1.29 is 17.9 Å². The minimum atomic E-state index is -3.84. The molecule has 0 spiro atoms. The molecule has 2 heterocycles. The molecule has 1 aromatic heterocycles. The molecule has 0 radical (unpaired) electrons. The summed E-state index contributed by atoms with van der Waals surface area (Å²) < 4.78 is 39.6. The summed E-state index contributed by atoms with van der Waals surface area (Å²) in [6.45, 7) is 7.87. The van der Waals surface area contributed by atoms with E-state index in [9.17, 15) is 8.42 Å². The lowest BCUT2D eigenvalue weighted by Gasteiger charge is -2.19. The third-order valence-electron chi connectivity index (χ3n) is 6.28. The first-order valence-corrected chi connectivity index (χ1v) is 13.8. The van der Waals surface area contributed by atoms with E-state index in [0.29, 0.717) is 18.8 Å². The molecule has 4 aromatic rings. The standard InChI is InChI=1S/C29H30N4O4S/c1-29(2,3)23-9-11-24(12-10-23)38(34,35)33-28-27(31-14-15-32-28)22-7-4-20(5-8-22)17-30-18-21-6-13-25-26(16-21)37-19-36-25/h4-16,30H,17-19H2,1-3H3,(H,32,33). The molecular formula is C29H30N4O4S. The van der Waals surface area contributed by atoms with Gasteiger partial charge >= 0.3 is 0 Å². The summed E-state index contributed by atoms with van der Waals surface area (Å²) in [6.07, 6.45) is 3.02. The maximum Gasteiger partial charge on any atom is 0.263 e. The highest BCUT2D eigenvalue weighted by atomic mass is 32.2. The summed E-state index contributed by atoms with van der Waals surface area (Å²) in [5.74, 6) is 1.72. The predicted octanol–water partition coefficient (Wildman–Crippen LogP) is 5.26. The van der Waals surface area contributed by atoms with Gasteiger partial charge in [0.2, 0.25) is 6.79 Å². The number of ether oxygens (including phenoxy) is 2. The lowest BCUT2D eigenvalue weighted by molar-refractivity contribution is 0.174. The fraction of sp³-hybridized carbons (Fsp3) is 0.241. The maximum atomic E-state index is 13.1. The molecule has 1 aliphatic rings. The number of aromatic nitrogens is 2. The molecule has 0 atom stereocenters. The van der Waals surface area contributed by atoms with Crippen LogP contribution in [0.5, 0.6) is 11.5 Å². The van der Waals surface area contributed by atoms with Crippen LogP contribution in [-0.4, -0.2) is 25.2 Å². The Labute approximate surface area is 223 Å². The van der Waals surface area contributed by atoms with Crippen LogP contribution in [-0.2, 0) is 28.5 Å². The zero-order valence-electron chi connectivity index (χ0n) is 21.6. The van der Waals surface area contributed by atoms with Crippen molar-refractivity contribution in [3.8, 4) is 22.8 Å². The number of anilines is 1. The van der Waals surface area contributed by atoms with Crippen LogP contribution in [0.4, 0.5) is 5.82 Å². The Morgan fingerprint density at radius 2 is 1.47 bits per heavy atom. The Morgan fingerprint density at radius 1 is 0.816 bits per heavy atom. The number of hydrogen-bond donors (Lipinski definition) is 2. The molecule has 0 saturated carbocycles. The molecule has 9 heteroatoms. The van der Waals surface area contributed by atoms with Gasteiger partial charge in [-0.05, 0) is 46.4 Å². The Bertz CT molecular complexity index is 1530. The molecule has 196 valence electrons. The largest absolute Gasteiger partial charge is 0.454 e. The monoisotopic (exact) mass is 530 g/mol. The molecule has 1 aliphatic heterocycles. The number of nitrogens with one attached hydrogen (secondary N) is 2. The van der Waals surface area contributed by atoms with Crippen LogP contribution in [0.1, 0.15) is 37.5 Å². The van der Waals surface area contributed by atoms with E-state index in [4.69, 9.17) is 9.47 Å². The zero-order valence-corrected chi connectivity index (χ0v) is 22.4. The molecule has 0 fully saturated rings. The fourth-order valence-electron chi connectivity index (χ4n) is 4.13. The Balaban J connectivity index is 1.26. The SMILES string of the molecule is CC(C)(C)c1ccc(S(=O)(=O)Nc2nccnc2-c2ccc(CNCc3ccc4c(c3)OCO4)cc2)cc1. The quantitative estimate of drug-likeness (QED) is 0.320. The molecule has 38 heavy (non-hydrogen) atoms. The van der Waals surface area contributed by atoms with Crippen molar-refractivity contribution in [2.45, 2.75) is 44.2 Å². The van der Waals surface area contributed by atoms with Gasteiger partial charge in [0.25, 0.3) is 10.0 Å². The van der Waals surface area contributed by atoms with Gasteiger partial charge in [0.1, 0.15) is 5.69 Å². The van der Waals surface area contributed by atoms with Crippen molar-refractivity contribution in [2.24, 2.45) is 0 Å². The first kappa shape index (κ1) is 25.7. The predicted molar refractivity (Wildman–Crippen MR) is 147 cm³/mol. The molecule has 2 N–H and O–H groups in total. The van der Waals surface area contributed by atoms with Crippen LogP contribution in [0.25, 0.3) is 11.3 Å². The third-order valence-corrected chi connectivity index (χ3v) is 7.64. The first-order chi connectivity index (χ1) is 18.2. The van der Waals surface area contributed by atoms with E-state index < -0.39 is 10.0 Å². The number of nitrogens with zero attached hydrogens (tertiary/aromatic N) is 2. The average molecular weight is 531 g/mol. The topological polar surface area (TPSA) is 102 Å². The summed E-state index contributed by atoms with van der Waals surface area (Å²) in [6, 6.07) is 20.6. The van der Waals surface area contributed by atoms with Crippen molar-refractivity contribution in [2.75, 3.05) is 11.5 Å². The van der Waals surface area contributed by atoms with Crippen LogP contribution < -0.4 is 19.5 Å². The minimum Gasteiger partial charge on any atom is -0.454 e. The summed E-state index contributed by atoms with van der Waals surface area (Å²) in [4.78, 5) is 8.85. The smallest absolute Gasteiger partial charge is 0.263 e. The highest BCUT2D eigenvalue weighted by Gasteiger charge is 2.20. The Kier molecular flexibility index (Phi) is 7.05. The van der Waals surface area contributed by atoms with Crippen molar-refractivity contribution in [3.05, 3.63) is 95.8 Å². The van der Waals surface area contributed by atoms with Gasteiger partial charge in [-0.2, -0.15) is 0 Å². The van der Waals surface area contributed by atoms with E-state index in [-0.39, 0.29) is 22.9 Å². The molecule has 0 unspecified atom stereocenters. The molecule has 3 aromatic carbocycles. The van der Waals surface area contributed by atoms with E-state index in [2.05, 4.69) is 40.8 Å². The third kappa shape index (κ3) is 5.79. The van der Waals surface area contributed by atoms with Crippen LogP contribution >= 0.6 is 0 Å². The normalized spacial score (nSPS) is 12.9. The van der Waals surface area contributed by atoms with E-state index in [1.165, 1.54) is 6.20 Å². The van der Waals surface area contributed by atoms with Gasteiger partial charge < -0.3 is 14.8 Å². The van der Waals surface area contributed by atoms with Gasteiger partial charge in [-0.3, -0.25) is 9.71 Å². The molecule has 0 aliphatic carbocycles. The second kappa shape index (κ2) is 10.4. The summed E-state index contributed by atoms with van der Waals surface area (Å²) in [7, 11) is -3.84. The second-order valence-corrected chi connectivity index (χ2v) is 11.8. The van der Waals surface area contributed by atoms with E-state index in [1.807, 2.05) is 54.6 Å². The molecule has 0 amide bonds. The van der Waals surface area contributed by atoms with Gasteiger partial charge in [-0.15, -0.1) is 0 Å². The first-order valence-electron chi connectivity index (χ1n) is 12.3. The summed E-state index contributed by atoms with van der Waals surface area (Å²) >= 11 is 0. The second-order valence-electron chi connectivity index (χ2n) is 10.1. The van der Waals surface area contributed by atoms with Crippen molar-refractivity contribution in [1.29, 1.82) is 0 Å². The lowest BCUT2D eigenvalue weighted by atomic mass is 9.87. The van der Waals surface area contributed by atoms with Gasteiger partial charge in [-0.25, -0.2) is 13.4 Å². The van der Waals surface area contributed by atoms with Crippen LogP contribution in [0.15, 0.2) is 84.0 Å². The van der Waals surface area contributed by atoms with E-state index >= 15 is 0 Å². The number of hydrogen-bond acceptors (Lipinski definition) is 7. The molecular weight excluding hydrogens is 500 g/mol. The highest BCUT2D eigenvalue weighted by molar-refractivity contribution is 7.92. The Hall–Kier alpha value is -3.95.